The lowest BCUT2D eigenvalue weighted by atomic mass is 9.64. The molecule has 2 fully saturated rings. The lowest BCUT2D eigenvalue weighted by Crippen LogP contribution is -2.42. The van der Waals surface area contributed by atoms with Crippen molar-refractivity contribution in [3.05, 3.63) is 48.0 Å². The molecule has 152 valence electrons. The van der Waals surface area contributed by atoms with Crippen LogP contribution >= 0.6 is 0 Å². The Labute approximate surface area is 169 Å². The normalized spacial score (nSPS) is 30.4. The van der Waals surface area contributed by atoms with Gasteiger partial charge < -0.3 is 4.74 Å². The molecule has 0 saturated heterocycles. The molecule has 2 aliphatic rings. The van der Waals surface area contributed by atoms with Crippen LogP contribution < -0.4 is 0 Å². The van der Waals surface area contributed by atoms with Crippen molar-refractivity contribution in [1.82, 2.24) is 0 Å². The Kier molecular flexibility index (Phi) is 6.74. The highest BCUT2D eigenvalue weighted by molar-refractivity contribution is 5.93. The number of esters is 1. The van der Waals surface area contributed by atoms with Crippen LogP contribution in [0, 0.1) is 11.8 Å². The summed E-state index contributed by atoms with van der Waals surface area (Å²) in [5.74, 6) is 1.62. The van der Waals surface area contributed by atoms with Gasteiger partial charge in [-0.3, -0.25) is 4.79 Å². The van der Waals surface area contributed by atoms with Crippen LogP contribution in [-0.2, 0) is 19.7 Å². The summed E-state index contributed by atoms with van der Waals surface area (Å²) in [5, 5.41) is 0. The molecule has 0 atom stereocenters. The molecule has 3 heteroatoms. The van der Waals surface area contributed by atoms with Gasteiger partial charge in [-0.1, -0.05) is 57.5 Å². The largest absolute Gasteiger partial charge is 0.455 e. The van der Waals surface area contributed by atoms with Gasteiger partial charge in [0.25, 0.3) is 0 Å². The molecule has 1 aromatic carbocycles. The second kappa shape index (κ2) is 9.07. The summed E-state index contributed by atoms with van der Waals surface area (Å²) in [6, 6.07) is 8.80. The topological polar surface area (TPSA) is 43.4 Å². The van der Waals surface area contributed by atoms with E-state index in [9.17, 15) is 9.59 Å². The standard InChI is InChI=1S/C25H34O3/c1-4-24(27)28-17-23(26)25(15-13-19(3)14-16-25)22-11-9-21(10-12-22)20-7-5-18(2)6-8-20/h4,9-12,18-20H,1,5-8,13-17H2,2-3H3. The van der Waals surface area contributed by atoms with Gasteiger partial charge in [0, 0.05) is 6.08 Å². The first kappa shape index (κ1) is 20.8. The molecule has 0 bridgehead atoms. The molecular formula is C25H34O3. The second-order valence-electron chi connectivity index (χ2n) is 9.08. The van der Waals surface area contributed by atoms with Gasteiger partial charge in [-0.2, -0.15) is 0 Å². The van der Waals surface area contributed by atoms with Crippen molar-refractivity contribution in [3.63, 3.8) is 0 Å². The number of Topliss-reactive ketones (excluding diaryl/α,β-unsaturated/α-hetero) is 1. The summed E-state index contributed by atoms with van der Waals surface area (Å²) < 4.78 is 5.10. The summed E-state index contributed by atoms with van der Waals surface area (Å²) in [6.45, 7) is 7.84. The maximum Gasteiger partial charge on any atom is 0.330 e. The summed E-state index contributed by atoms with van der Waals surface area (Å²) in [4.78, 5) is 24.6. The van der Waals surface area contributed by atoms with E-state index >= 15 is 0 Å². The highest BCUT2D eigenvalue weighted by Crippen LogP contribution is 2.43. The Morgan fingerprint density at radius 2 is 1.57 bits per heavy atom. The number of carbonyl (C=O) groups excluding carboxylic acids is 2. The predicted octanol–water partition coefficient (Wildman–Crippen LogP) is 5.73. The molecule has 0 unspecified atom stereocenters. The Bertz CT molecular complexity index is 687. The minimum Gasteiger partial charge on any atom is -0.455 e. The monoisotopic (exact) mass is 382 g/mol. The number of carbonyl (C=O) groups is 2. The lowest BCUT2D eigenvalue weighted by Gasteiger charge is -2.38. The number of ether oxygens (including phenoxy) is 1. The lowest BCUT2D eigenvalue weighted by molar-refractivity contribution is -0.145. The maximum atomic E-state index is 13.2. The van der Waals surface area contributed by atoms with Gasteiger partial charge in [-0.05, 0) is 67.4 Å². The minimum atomic E-state index is -0.533. The van der Waals surface area contributed by atoms with E-state index < -0.39 is 11.4 Å². The van der Waals surface area contributed by atoms with Gasteiger partial charge in [0.2, 0.25) is 0 Å². The third kappa shape index (κ3) is 4.56. The summed E-state index contributed by atoms with van der Waals surface area (Å²) in [6.07, 6.45) is 9.98. The van der Waals surface area contributed by atoms with Crippen LogP contribution in [-0.4, -0.2) is 18.4 Å². The first-order valence-electron chi connectivity index (χ1n) is 10.9. The zero-order valence-corrected chi connectivity index (χ0v) is 17.4. The van der Waals surface area contributed by atoms with Crippen LogP contribution in [0.5, 0.6) is 0 Å². The summed E-state index contributed by atoms with van der Waals surface area (Å²) in [7, 11) is 0. The maximum absolute atomic E-state index is 13.2. The second-order valence-corrected chi connectivity index (χ2v) is 9.08. The van der Waals surface area contributed by atoms with E-state index in [-0.39, 0.29) is 12.4 Å². The van der Waals surface area contributed by atoms with E-state index in [0.717, 1.165) is 43.2 Å². The third-order valence-electron chi connectivity index (χ3n) is 7.12. The molecule has 28 heavy (non-hydrogen) atoms. The number of ketones is 1. The molecule has 1 aromatic rings. The van der Waals surface area contributed by atoms with Gasteiger partial charge in [0.05, 0.1) is 5.41 Å². The van der Waals surface area contributed by atoms with Gasteiger partial charge in [0.1, 0.15) is 0 Å². The van der Waals surface area contributed by atoms with Crippen LogP contribution in [0.2, 0.25) is 0 Å². The molecule has 0 amide bonds. The molecule has 0 heterocycles. The average Bonchev–Trinajstić information content (AvgIpc) is 2.73. The Hall–Kier alpha value is -1.90. The fraction of sp³-hybridized carbons (Fsp3) is 0.600. The first-order valence-corrected chi connectivity index (χ1v) is 10.9. The van der Waals surface area contributed by atoms with Gasteiger partial charge in [-0.25, -0.2) is 4.79 Å². The highest BCUT2D eigenvalue weighted by atomic mass is 16.5. The van der Waals surface area contributed by atoms with Crippen molar-refractivity contribution < 1.29 is 14.3 Å². The Morgan fingerprint density at radius 1 is 1.00 bits per heavy atom. The Balaban J connectivity index is 1.79. The van der Waals surface area contributed by atoms with E-state index in [1.54, 1.807) is 0 Å². The van der Waals surface area contributed by atoms with Gasteiger partial charge >= 0.3 is 5.97 Å². The van der Waals surface area contributed by atoms with Crippen LogP contribution in [0.25, 0.3) is 0 Å². The van der Waals surface area contributed by atoms with Gasteiger partial charge in [0.15, 0.2) is 12.4 Å². The first-order chi connectivity index (χ1) is 13.4. The molecule has 3 nitrogen and oxygen atoms in total. The Morgan fingerprint density at radius 3 is 2.14 bits per heavy atom. The number of rotatable bonds is 6. The molecule has 0 aromatic heterocycles. The molecule has 3 rings (SSSR count). The molecule has 0 spiro atoms. The molecule has 2 aliphatic carbocycles. The van der Waals surface area contributed by atoms with Crippen LogP contribution in [0.1, 0.15) is 82.3 Å². The molecule has 0 radical (unpaired) electrons. The minimum absolute atomic E-state index is 0.0221. The number of benzene rings is 1. The molecular weight excluding hydrogens is 348 g/mol. The fourth-order valence-corrected chi connectivity index (χ4v) is 4.98. The smallest absolute Gasteiger partial charge is 0.330 e. The van der Waals surface area contributed by atoms with E-state index in [0.29, 0.717) is 11.8 Å². The van der Waals surface area contributed by atoms with E-state index in [2.05, 4.69) is 44.7 Å². The zero-order valence-electron chi connectivity index (χ0n) is 17.4. The van der Waals surface area contributed by atoms with Crippen molar-refractivity contribution in [2.75, 3.05) is 6.61 Å². The molecule has 0 aliphatic heterocycles. The SMILES string of the molecule is C=CC(=O)OCC(=O)C1(c2ccc(C3CCC(C)CC3)cc2)CCC(C)CC1. The zero-order chi connectivity index (χ0) is 20.1. The predicted molar refractivity (Wildman–Crippen MR) is 112 cm³/mol. The van der Waals surface area contributed by atoms with Gasteiger partial charge in [-0.15, -0.1) is 0 Å². The number of hydrogen-bond donors (Lipinski definition) is 0. The fourth-order valence-electron chi connectivity index (χ4n) is 4.98. The summed E-state index contributed by atoms with van der Waals surface area (Å²) >= 11 is 0. The number of hydrogen-bond acceptors (Lipinski definition) is 3. The van der Waals surface area contributed by atoms with Crippen molar-refractivity contribution in [3.8, 4) is 0 Å². The van der Waals surface area contributed by atoms with Crippen LogP contribution in [0.3, 0.4) is 0 Å². The van der Waals surface area contributed by atoms with Crippen molar-refractivity contribution in [1.29, 1.82) is 0 Å². The third-order valence-corrected chi connectivity index (χ3v) is 7.12. The summed E-state index contributed by atoms with van der Waals surface area (Å²) in [5.41, 5.74) is 1.97. The van der Waals surface area contributed by atoms with E-state index in [1.807, 2.05) is 0 Å². The van der Waals surface area contributed by atoms with Crippen molar-refractivity contribution in [2.24, 2.45) is 11.8 Å². The molecule has 0 N–H and O–H groups in total. The highest BCUT2D eigenvalue weighted by Gasteiger charge is 2.42. The van der Waals surface area contributed by atoms with Crippen LogP contribution in [0.15, 0.2) is 36.9 Å². The van der Waals surface area contributed by atoms with E-state index in [1.165, 1.54) is 31.2 Å². The quantitative estimate of drug-likeness (QED) is 0.466. The van der Waals surface area contributed by atoms with Crippen molar-refractivity contribution >= 4 is 11.8 Å². The molecule has 2 saturated carbocycles. The average molecular weight is 383 g/mol. The van der Waals surface area contributed by atoms with Crippen molar-refractivity contribution in [2.45, 2.75) is 76.5 Å². The van der Waals surface area contributed by atoms with Crippen LogP contribution in [0.4, 0.5) is 0 Å². The van der Waals surface area contributed by atoms with E-state index in [4.69, 9.17) is 4.74 Å².